The molecule has 2 heterocycles. The van der Waals surface area contributed by atoms with E-state index in [1.807, 2.05) is 36.4 Å². The van der Waals surface area contributed by atoms with Crippen molar-refractivity contribution in [1.29, 1.82) is 0 Å². The van der Waals surface area contributed by atoms with E-state index in [2.05, 4.69) is 11.0 Å². The Hall–Kier alpha value is -3.55. The van der Waals surface area contributed by atoms with Crippen LogP contribution in [0.5, 0.6) is 0 Å². The molecule has 0 radical (unpaired) electrons. The summed E-state index contributed by atoms with van der Waals surface area (Å²) < 4.78 is 0. The Bertz CT molecular complexity index is 1230. The number of hydrogen-bond donors (Lipinski definition) is 1. The summed E-state index contributed by atoms with van der Waals surface area (Å²) in [5.74, 6) is -0.138. The van der Waals surface area contributed by atoms with Gasteiger partial charge >= 0.3 is 0 Å². The fourth-order valence-electron chi connectivity index (χ4n) is 4.64. The van der Waals surface area contributed by atoms with Crippen molar-refractivity contribution in [3.8, 4) is 0 Å². The lowest BCUT2D eigenvalue weighted by molar-refractivity contribution is -0.384. The zero-order valence-corrected chi connectivity index (χ0v) is 17.5. The largest absolute Gasteiger partial charge is 0.369 e. The van der Waals surface area contributed by atoms with Crippen molar-refractivity contribution in [3.63, 3.8) is 0 Å². The van der Waals surface area contributed by atoms with E-state index in [0.717, 1.165) is 41.4 Å². The molecule has 1 atom stereocenters. The first-order valence-electron chi connectivity index (χ1n) is 10.7. The molecule has 0 spiro atoms. The molecule has 1 unspecified atom stereocenters. The van der Waals surface area contributed by atoms with Gasteiger partial charge < -0.3 is 10.0 Å². The molecular weight excluding hydrogens is 406 g/mol. The maximum atomic E-state index is 13.1. The summed E-state index contributed by atoms with van der Waals surface area (Å²) in [5, 5.41) is 23.6. The Morgan fingerprint density at radius 3 is 2.47 bits per heavy atom. The minimum atomic E-state index is -0.947. The fourth-order valence-corrected chi connectivity index (χ4v) is 4.64. The van der Waals surface area contributed by atoms with Crippen LogP contribution in [0.2, 0.25) is 0 Å². The molecule has 1 N–H and O–H groups in total. The average Bonchev–Trinajstić information content (AvgIpc) is 2.83. The van der Waals surface area contributed by atoms with E-state index in [1.165, 1.54) is 17.7 Å². The van der Waals surface area contributed by atoms with E-state index >= 15 is 0 Å². The van der Waals surface area contributed by atoms with Gasteiger partial charge in [0.05, 0.1) is 4.92 Å². The van der Waals surface area contributed by atoms with Crippen LogP contribution in [0.15, 0.2) is 66.7 Å². The number of aliphatic hydroxyl groups excluding tert-OH is 1. The Kier molecular flexibility index (Phi) is 5.20. The lowest BCUT2D eigenvalue weighted by Crippen LogP contribution is -2.43. The van der Waals surface area contributed by atoms with E-state index < -0.39 is 11.2 Å². The fraction of sp³-hybridized carbons (Fsp3) is 0.240. The Morgan fingerprint density at radius 2 is 1.78 bits per heavy atom. The highest BCUT2D eigenvalue weighted by Gasteiger charge is 2.32. The van der Waals surface area contributed by atoms with E-state index in [1.54, 1.807) is 17.0 Å². The maximum absolute atomic E-state index is 13.1. The molecule has 162 valence electrons. The molecular formula is C25H23N3O4. The third-order valence-electron chi connectivity index (χ3n) is 6.40. The minimum Gasteiger partial charge on any atom is -0.369 e. The smallest absolute Gasteiger partial charge is 0.269 e. The highest BCUT2D eigenvalue weighted by molar-refractivity contribution is 6.10. The SMILES string of the molecule is O=C1c2cccc3cccc(c23)C(O)N1CCN1CC=C(c2ccc([N+](=O)[O-])cc2)CC1. The van der Waals surface area contributed by atoms with Gasteiger partial charge in [0.1, 0.15) is 0 Å². The average molecular weight is 429 g/mol. The highest BCUT2D eigenvalue weighted by atomic mass is 16.6. The van der Waals surface area contributed by atoms with Gasteiger partial charge in [-0.2, -0.15) is 0 Å². The summed E-state index contributed by atoms with van der Waals surface area (Å²) in [5.41, 5.74) is 3.68. The second-order valence-corrected chi connectivity index (χ2v) is 8.21. The van der Waals surface area contributed by atoms with Crippen molar-refractivity contribution < 1.29 is 14.8 Å². The number of amides is 1. The van der Waals surface area contributed by atoms with Crippen LogP contribution in [-0.2, 0) is 0 Å². The normalized spacial score (nSPS) is 18.7. The molecule has 0 aliphatic carbocycles. The standard InChI is InChI=1S/C25H23N3O4/c29-24-21-5-1-3-19-4-2-6-22(23(19)21)25(30)27(24)16-15-26-13-11-18(12-14-26)17-7-9-20(10-8-17)28(31)32/h1-11,24,29H,12-16H2. The van der Waals surface area contributed by atoms with Crippen LogP contribution in [0, 0.1) is 10.1 Å². The molecule has 7 nitrogen and oxygen atoms in total. The van der Waals surface area contributed by atoms with Gasteiger partial charge in [0.15, 0.2) is 6.23 Å². The van der Waals surface area contributed by atoms with Gasteiger partial charge in [-0.25, -0.2) is 0 Å². The second kappa shape index (κ2) is 8.18. The number of rotatable bonds is 5. The number of carbonyl (C=O) groups excluding carboxylic acids is 1. The van der Waals surface area contributed by atoms with E-state index in [0.29, 0.717) is 18.7 Å². The molecule has 2 aliphatic heterocycles. The summed E-state index contributed by atoms with van der Waals surface area (Å²) in [6.07, 6.45) is 2.02. The summed E-state index contributed by atoms with van der Waals surface area (Å²) in [7, 11) is 0. The molecule has 3 aromatic rings. The minimum absolute atomic E-state index is 0.0915. The molecule has 5 rings (SSSR count). The first kappa shape index (κ1) is 20.4. The van der Waals surface area contributed by atoms with Crippen LogP contribution in [0.1, 0.15) is 34.1 Å². The van der Waals surface area contributed by atoms with Gasteiger partial charge in [0, 0.05) is 54.8 Å². The zero-order valence-electron chi connectivity index (χ0n) is 17.5. The Labute approximate surface area is 185 Å². The van der Waals surface area contributed by atoms with Gasteiger partial charge in [0.25, 0.3) is 11.6 Å². The number of nitro groups is 1. The molecule has 3 aromatic carbocycles. The third-order valence-corrected chi connectivity index (χ3v) is 6.40. The van der Waals surface area contributed by atoms with Crippen molar-refractivity contribution in [2.24, 2.45) is 0 Å². The predicted molar refractivity (Wildman–Crippen MR) is 122 cm³/mol. The number of hydrogen-bond acceptors (Lipinski definition) is 5. The van der Waals surface area contributed by atoms with Crippen molar-refractivity contribution >= 4 is 27.9 Å². The second-order valence-electron chi connectivity index (χ2n) is 8.21. The molecule has 0 fully saturated rings. The molecule has 0 bridgehead atoms. The van der Waals surface area contributed by atoms with Crippen molar-refractivity contribution in [1.82, 2.24) is 9.80 Å². The van der Waals surface area contributed by atoms with E-state index in [4.69, 9.17) is 0 Å². The van der Waals surface area contributed by atoms with Crippen molar-refractivity contribution in [2.75, 3.05) is 26.2 Å². The highest BCUT2D eigenvalue weighted by Crippen LogP contribution is 2.35. The molecule has 0 aromatic heterocycles. The number of nitrogens with zero attached hydrogens (tertiary/aromatic N) is 3. The van der Waals surface area contributed by atoms with Crippen LogP contribution < -0.4 is 0 Å². The van der Waals surface area contributed by atoms with Crippen molar-refractivity contribution in [3.05, 3.63) is 93.5 Å². The van der Waals surface area contributed by atoms with Crippen LogP contribution in [0.3, 0.4) is 0 Å². The summed E-state index contributed by atoms with van der Waals surface area (Å²) >= 11 is 0. The van der Waals surface area contributed by atoms with Gasteiger partial charge in [-0.15, -0.1) is 0 Å². The zero-order chi connectivity index (χ0) is 22.2. The lowest BCUT2D eigenvalue weighted by atomic mass is 9.93. The van der Waals surface area contributed by atoms with Gasteiger partial charge in [-0.1, -0.05) is 36.4 Å². The van der Waals surface area contributed by atoms with E-state index in [-0.39, 0.29) is 11.6 Å². The molecule has 32 heavy (non-hydrogen) atoms. The monoisotopic (exact) mass is 429 g/mol. The summed E-state index contributed by atoms with van der Waals surface area (Å²) in [6, 6.07) is 18.1. The van der Waals surface area contributed by atoms with Gasteiger partial charge in [-0.05, 0) is 41.1 Å². The van der Waals surface area contributed by atoms with Crippen LogP contribution in [0.4, 0.5) is 5.69 Å². The number of nitro benzene ring substituents is 1. The van der Waals surface area contributed by atoms with Crippen molar-refractivity contribution in [2.45, 2.75) is 12.6 Å². The van der Waals surface area contributed by atoms with Crippen LogP contribution >= 0.6 is 0 Å². The summed E-state index contributed by atoms with van der Waals surface area (Å²) in [6.45, 7) is 2.65. The third kappa shape index (κ3) is 3.55. The Balaban J connectivity index is 1.26. The number of benzene rings is 3. The summed E-state index contributed by atoms with van der Waals surface area (Å²) in [4.78, 5) is 27.3. The number of non-ortho nitro benzene ring substituents is 1. The molecule has 0 saturated heterocycles. The van der Waals surface area contributed by atoms with E-state index in [9.17, 15) is 20.0 Å². The number of aliphatic hydroxyl groups is 1. The Morgan fingerprint density at radius 1 is 1.03 bits per heavy atom. The first-order valence-corrected chi connectivity index (χ1v) is 10.7. The van der Waals surface area contributed by atoms with Gasteiger partial charge in [-0.3, -0.25) is 19.8 Å². The molecule has 7 heteroatoms. The molecule has 1 amide bonds. The lowest BCUT2D eigenvalue weighted by Gasteiger charge is -2.36. The predicted octanol–water partition coefficient (Wildman–Crippen LogP) is 3.98. The number of carbonyl (C=O) groups is 1. The van der Waals surface area contributed by atoms with Crippen LogP contribution in [-0.4, -0.2) is 51.9 Å². The maximum Gasteiger partial charge on any atom is 0.269 e. The molecule has 2 aliphatic rings. The first-order chi connectivity index (χ1) is 15.5. The van der Waals surface area contributed by atoms with Crippen LogP contribution in [0.25, 0.3) is 16.3 Å². The topological polar surface area (TPSA) is 86.9 Å². The molecule has 0 saturated carbocycles. The quantitative estimate of drug-likeness (QED) is 0.490. The van der Waals surface area contributed by atoms with Gasteiger partial charge in [0.2, 0.25) is 0 Å².